The van der Waals surface area contributed by atoms with Crippen molar-refractivity contribution in [2.75, 3.05) is 32.6 Å². The van der Waals surface area contributed by atoms with Crippen molar-refractivity contribution in [3.05, 3.63) is 59.9 Å². The van der Waals surface area contributed by atoms with Crippen LogP contribution in [0.4, 0.5) is 5.69 Å². The van der Waals surface area contributed by atoms with Crippen LogP contribution in [0.25, 0.3) is 11.0 Å². The van der Waals surface area contributed by atoms with Crippen LogP contribution in [0.5, 0.6) is 0 Å². The molecule has 0 fully saturated rings. The first-order valence-electron chi connectivity index (χ1n) is 9.71. The van der Waals surface area contributed by atoms with Gasteiger partial charge in [0.25, 0.3) is 0 Å². The molecule has 2 N–H and O–H groups in total. The number of nitrogens with one attached hydrogen (secondary N) is 2. The summed E-state index contributed by atoms with van der Waals surface area (Å²) in [6, 6.07) is 16.8. The average molecular weight is 379 g/mol. The second kappa shape index (κ2) is 9.26. The highest BCUT2D eigenvalue weighted by Gasteiger charge is 2.06. The standard InChI is InChI=1S/C22H30N6/c1-17-26-20-11-5-6-12-21(20)28(17)14-8-13-24-22(23-2)25-16-18-9-7-10-19(15-18)27(3)4/h5-7,9-12,15H,8,13-14,16H2,1-4H3,(H2,23,24,25). The minimum atomic E-state index is 0.743. The van der Waals surface area contributed by atoms with E-state index in [1.165, 1.54) is 16.8 Å². The Kier molecular flexibility index (Phi) is 6.53. The molecule has 1 heterocycles. The SMILES string of the molecule is CN=C(NCCCn1c(C)nc2ccccc21)NCc1cccc(N(C)C)c1. The van der Waals surface area contributed by atoms with Crippen LogP contribution in [0, 0.1) is 6.92 Å². The van der Waals surface area contributed by atoms with Gasteiger partial charge in [-0.15, -0.1) is 0 Å². The average Bonchev–Trinajstić information content (AvgIpc) is 3.02. The zero-order valence-corrected chi connectivity index (χ0v) is 17.2. The van der Waals surface area contributed by atoms with Gasteiger partial charge in [-0.3, -0.25) is 4.99 Å². The predicted molar refractivity (Wildman–Crippen MR) is 118 cm³/mol. The number of anilines is 1. The molecule has 6 heteroatoms. The molecular weight excluding hydrogens is 348 g/mol. The quantitative estimate of drug-likeness (QED) is 0.377. The number of guanidine groups is 1. The summed E-state index contributed by atoms with van der Waals surface area (Å²) in [5.74, 6) is 1.88. The molecule has 0 saturated heterocycles. The molecule has 0 bridgehead atoms. The second-order valence-electron chi connectivity index (χ2n) is 7.07. The molecule has 0 radical (unpaired) electrons. The maximum absolute atomic E-state index is 4.63. The van der Waals surface area contributed by atoms with E-state index < -0.39 is 0 Å². The fourth-order valence-corrected chi connectivity index (χ4v) is 3.27. The molecule has 0 spiro atoms. The molecule has 0 unspecified atom stereocenters. The number of imidazole rings is 1. The Morgan fingerprint density at radius 3 is 2.71 bits per heavy atom. The van der Waals surface area contributed by atoms with E-state index in [0.717, 1.165) is 43.4 Å². The molecular formula is C22H30N6. The third kappa shape index (κ3) is 4.82. The maximum atomic E-state index is 4.63. The number of aryl methyl sites for hydroxylation is 2. The summed E-state index contributed by atoms with van der Waals surface area (Å²) in [7, 11) is 5.91. The van der Waals surface area contributed by atoms with Gasteiger partial charge in [0.1, 0.15) is 5.82 Å². The minimum Gasteiger partial charge on any atom is -0.378 e. The van der Waals surface area contributed by atoms with Crippen LogP contribution < -0.4 is 15.5 Å². The molecule has 148 valence electrons. The molecule has 3 rings (SSSR count). The second-order valence-corrected chi connectivity index (χ2v) is 7.07. The number of benzene rings is 2. The molecule has 0 aliphatic rings. The smallest absolute Gasteiger partial charge is 0.191 e. The zero-order valence-electron chi connectivity index (χ0n) is 17.2. The summed E-state index contributed by atoms with van der Waals surface area (Å²) in [6.07, 6.45) is 0.998. The summed E-state index contributed by atoms with van der Waals surface area (Å²) >= 11 is 0. The maximum Gasteiger partial charge on any atom is 0.191 e. The van der Waals surface area contributed by atoms with E-state index >= 15 is 0 Å². The van der Waals surface area contributed by atoms with E-state index in [1.807, 2.05) is 6.07 Å². The molecule has 0 saturated carbocycles. The summed E-state index contributed by atoms with van der Waals surface area (Å²) in [5.41, 5.74) is 4.69. The van der Waals surface area contributed by atoms with Crippen LogP contribution in [0.3, 0.4) is 0 Å². The molecule has 0 amide bonds. The number of aliphatic imine (C=N–C) groups is 1. The molecule has 0 atom stereocenters. The Labute approximate surface area is 167 Å². The third-order valence-electron chi connectivity index (χ3n) is 4.81. The van der Waals surface area contributed by atoms with Gasteiger partial charge in [-0.1, -0.05) is 24.3 Å². The minimum absolute atomic E-state index is 0.743. The van der Waals surface area contributed by atoms with Gasteiger partial charge in [-0.25, -0.2) is 4.98 Å². The lowest BCUT2D eigenvalue weighted by Crippen LogP contribution is -2.37. The van der Waals surface area contributed by atoms with Crippen molar-refractivity contribution in [3.63, 3.8) is 0 Å². The highest BCUT2D eigenvalue weighted by Crippen LogP contribution is 2.15. The highest BCUT2D eigenvalue weighted by molar-refractivity contribution is 5.79. The number of fused-ring (bicyclic) bond motifs is 1. The van der Waals surface area contributed by atoms with Crippen LogP contribution in [-0.2, 0) is 13.1 Å². The molecule has 1 aromatic heterocycles. The molecule has 3 aromatic rings. The van der Waals surface area contributed by atoms with Gasteiger partial charge in [0.15, 0.2) is 5.96 Å². The first-order chi connectivity index (χ1) is 13.6. The third-order valence-corrected chi connectivity index (χ3v) is 4.81. The monoisotopic (exact) mass is 378 g/mol. The number of aromatic nitrogens is 2. The van der Waals surface area contributed by atoms with Gasteiger partial charge in [-0.2, -0.15) is 0 Å². The Morgan fingerprint density at radius 2 is 1.93 bits per heavy atom. The van der Waals surface area contributed by atoms with Gasteiger partial charge in [-0.05, 0) is 43.2 Å². The van der Waals surface area contributed by atoms with Crippen LogP contribution in [-0.4, -0.2) is 43.2 Å². The number of para-hydroxylation sites is 2. The van der Waals surface area contributed by atoms with Gasteiger partial charge >= 0.3 is 0 Å². The lowest BCUT2D eigenvalue weighted by molar-refractivity contribution is 0.624. The van der Waals surface area contributed by atoms with Crippen molar-refractivity contribution in [1.29, 1.82) is 0 Å². The van der Waals surface area contributed by atoms with Crippen LogP contribution >= 0.6 is 0 Å². The first kappa shape index (κ1) is 19.7. The number of nitrogens with zero attached hydrogens (tertiary/aromatic N) is 4. The molecule has 2 aromatic carbocycles. The summed E-state index contributed by atoms with van der Waals surface area (Å²) in [4.78, 5) is 11.1. The van der Waals surface area contributed by atoms with E-state index in [-0.39, 0.29) is 0 Å². The fraction of sp³-hybridized carbons (Fsp3) is 0.364. The van der Waals surface area contributed by atoms with Crippen molar-refractivity contribution in [3.8, 4) is 0 Å². The van der Waals surface area contributed by atoms with Crippen molar-refractivity contribution in [2.45, 2.75) is 26.4 Å². The zero-order chi connectivity index (χ0) is 19.9. The van der Waals surface area contributed by atoms with Gasteiger partial charge in [0, 0.05) is 46.5 Å². The van der Waals surface area contributed by atoms with Gasteiger partial charge in [0.05, 0.1) is 11.0 Å². The lowest BCUT2D eigenvalue weighted by Gasteiger charge is -2.15. The molecule has 0 aliphatic heterocycles. The van der Waals surface area contributed by atoms with Gasteiger partial charge in [0.2, 0.25) is 0 Å². The van der Waals surface area contributed by atoms with E-state index in [1.54, 1.807) is 7.05 Å². The van der Waals surface area contributed by atoms with Crippen molar-refractivity contribution in [1.82, 2.24) is 20.2 Å². The Balaban J connectivity index is 1.48. The number of hydrogen-bond donors (Lipinski definition) is 2. The molecule has 28 heavy (non-hydrogen) atoms. The highest BCUT2D eigenvalue weighted by atomic mass is 15.2. The Bertz CT molecular complexity index is 941. The Morgan fingerprint density at radius 1 is 1.11 bits per heavy atom. The van der Waals surface area contributed by atoms with E-state index in [9.17, 15) is 0 Å². The molecule has 0 aliphatic carbocycles. The van der Waals surface area contributed by atoms with Crippen LogP contribution in [0.15, 0.2) is 53.5 Å². The van der Waals surface area contributed by atoms with Crippen molar-refractivity contribution < 1.29 is 0 Å². The summed E-state index contributed by atoms with van der Waals surface area (Å²) in [5, 5.41) is 6.79. The lowest BCUT2D eigenvalue weighted by atomic mass is 10.2. The normalized spacial score (nSPS) is 11.6. The largest absolute Gasteiger partial charge is 0.378 e. The first-order valence-corrected chi connectivity index (χ1v) is 9.71. The topological polar surface area (TPSA) is 57.5 Å². The van der Waals surface area contributed by atoms with E-state index in [0.29, 0.717) is 0 Å². The summed E-state index contributed by atoms with van der Waals surface area (Å²) in [6.45, 7) is 4.59. The van der Waals surface area contributed by atoms with E-state index in [2.05, 4.69) is 93.6 Å². The fourth-order valence-electron chi connectivity index (χ4n) is 3.27. The van der Waals surface area contributed by atoms with Crippen LogP contribution in [0.2, 0.25) is 0 Å². The van der Waals surface area contributed by atoms with Crippen molar-refractivity contribution in [2.24, 2.45) is 4.99 Å². The number of rotatable bonds is 7. The van der Waals surface area contributed by atoms with Gasteiger partial charge < -0.3 is 20.1 Å². The van der Waals surface area contributed by atoms with Crippen LogP contribution in [0.1, 0.15) is 17.8 Å². The predicted octanol–water partition coefficient (Wildman–Crippen LogP) is 3.17. The Hall–Kier alpha value is -3.02. The van der Waals surface area contributed by atoms with Crippen molar-refractivity contribution >= 4 is 22.7 Å². The van der Waals surface area contributed by atoms with E-state index in [4.69, 9.17) is 0 Å². The number of hydrogen-bond acceptors (Lipinski definition) is 3. The summed E-state index contributed by atoms with van der Waals surface area (Å²) < 4.78 is 2.28. The molecule has 6 nitrogen and oxygen atoms in total.